The molecule has 0 radical (unpaired) electrons. The van der Waals surface area contributed by atoms with Gasteiger partial charge in [0, 0.05) is 4.88 Å². The molecule has 3 rings (SSSR count). The van der Waals surface area contributed by atoms with Crippen LogP contribution in [0.1, 0.15) is 11.8 Å². The van der Waals surface area contributed by atoms with Crippen LogP contribution in [0.4, 0.5) is 0 Å². The van der Waals surface area contributed by atoms with Crippen LogP contribution in [0.2, 0.25) is 0 Å². The first kappa shape index (κ1) is 17.4. The number of rotatable bonds is 8. The molecule has 25 heavy (non-hydrogen) atoms. The Morgan fingerprint density at radius 3 is 2.88 bits per heavy atom. The molecule has 9 heteroatoms. The highest BCUT2D eigenvalue weighted by atomic mass is 32.2. The zero-order chi connectivity index (χ0) is 17.5. The molecule has 0 saturated heterocycles. The quantitative estimate of drug-likeness (QED) is 0.609. The van der Waals surface area contributed by atoms with Crippen LogP contribution in [0.25, 0.3) is 5.69 Å². The minimum Gasteiger partial charge on any atom is -0.494 e. The summed E-state index contributed by atoms with van der Waals surface area (Å²) in [5.41, 5.74) is 0.815. The van der Waals surface area contributed by atoms with Crippen LogP contribution in [0.15, 0.2) is 46.9 Å². The predicted octanol–water partition coefficient (Wildman–Crippen LogP) is 2.53. The fourth-order valence-electron chi connectivity index (χ4n) is 2.06. The van der Waals surface area contributed by atoms with Crippen molar-refractivity contribution >= 4 is 29.0 Å². The van der Waals surface area contributed by atoms with Gasteiger partial charge in [-0.05, 0) is 53.1 Å². The van der Waals surface area contributed by atoms with Crippen LogP contribution < -0.4 is 10.1 Å². The molecule has 0 spiro atoms. The lowest BCUT2D eigenvalue weighted by molar-refractivity contribution is -0.118. The molecule has 0 atom stereocenters. The summed E-state index contributed by atoms with van der Waals surface area (Å²) >= 11 is 2.91. The van der Waals surface area contributed by atoms with Gasteiger partial charge in [0.1, 0.15) is 5.75 Å². The molecule has 0 fully saturated rings. The van der Waals surface area contributed by atoms with E-state index in [0.717, 1.165) is 16.3 Å². The van der Waals surface area contributed by atoms with Crippen molar-refractivity contribution in [2.24, 2.45) is 0 Å². The molecular weight excluding hydrogens is 358 g/mol. The van der Waals surface area contributed by atoms with Crippen molar-refractivity contribution in [2.75, 3.05) is 12.4 Å². The second-order valence-electron chi connectivity index (χ2n) is 4.94. The highest BCUT2D eigenvalue weighted by molar-refractivity contribution is 7.99. The number of benzene rings is 1. The number of nitrogens with zero attached hydrogens (tertiary/aromatic N) is 4. The number of amides is 1. The number of ether oxygens (including phenoxy) is 1. The molecule has 0 aliphatic heterocycles. The molecule has 0 aliphatic rings. The summed E-state index contributed by atoms with van der Waals surface area (Å²) in [5, 5.41) is 17.1. The molecule has 1 amide bonds. The lowest BCUT2D eigenvalue weighted by Crippen LogP contribution is -2.24. The van der Waals surface area contributed by atoms with E-state index in [4.69, 9.17) is 4.74 Å². The van der Waals surface area contributed by atoms with Crippen LogP contribution in [0.5, 0.6) is 5.75 Å². The second kappa shape index (κ2) is 8.63. The third-order valence-electron chi connectivity index (χ3n) is 3.21. The minimum absolute atomic E-state index is 0.0559. The van der Waals surface area contributed by atoms with Crippen molar-refractivity contribution in [3.05, 3.63) is 46.7 Å². The number of hydrogen-bond acceptors (Lipinski definition) is 7. The number of carbonyl (C=O) groups is 1. The zero-order valence-electron chi connectivity index (χ0n) is 13.6. The van der Waals surface area contributed by atoms with Crippen LogP contribution >= 0.6 is 23.1 Å². The Kier molecular flexibility index (Phi) is 6.02. The van der Waals surface area contributed by atoms with Crippen molar-refractivity contribution in [1.29, 1.82) is 0 Å². The van der Waals surface area contributed by atoms with Gasteiger partial charge in [-0.3, -0.25) is 4.79 Å². The van der Waals surface area contributed by atoms with Gasteiger partial charge >= 0.3 is 0 Å². The average Bonchev–Trinajstić information content (AvgIpc) is 3.31. The first-order valence-corrected chi connectivity index (χ1v) is 9.56. The molecule has 0 bridgehead atoms. The molecule has 130 valence electrons. The Morgan fingerprint density at radius 2 is 2.16 bits per heavy atom. The maximum Gasteiger partial charge on any atom is 0.230 e. The van der Waals surface area contributed by atoms with Crippen molar-refractivity contribution in [2.45, 2.75) is 18.6 Å². The van der Waals surface area contributed by atoms with Gasteiger partial charge in [-0.15, -0.1) is 16.4 Å². The molecule has 1 N–H and O–H groups in total. The van der Waals surface area contributed by atoms with Crippen LogP contribution in [-0.4, -0.2) is 38.5 Å². The van der Waals surface area contributed by atoms with Gasteiger partial charge in [-0.25, -0.2) is 0 Å². The van der Waals surface area contributed by atoms with Gasteiger partial charge in [0.2, 0.25) is 11.1 Å². The maximum absolute atomic E-state index is 12.0. The van der Waals surface area contributed by atoms with E-state index in [9.17, 15) is 4.79 Å². The molecule has 1 aromatic carbocycles. The van der Waals surface area contributed by atoms with Crippen molar-refractivity contribution < 1.29 is 9.53 Å². The Labute approximate surface area is 153 Å². The molecule has 2 aromatic heterocycles. The Hall–Kier alpha value is -2.39. The molecule has 7 nitrogen and oxygen atoms in total. The van der Waals surface area contributed by atoms with E-state index in [0.29, 0.717) is 18.3 Å². The Morgan fingerprint density at radius 1 is 1.32 bits per heavy atom. The summed E-state index contributed by atoms with van der Waals surface area (Å²) in [6.07, 6.45) is 0. The summed E-state index contributed by atoms with van der Waals surface area (Å²) < 4.78 is 7.03. The highest BCUT2D eigenvalue weighted by Gasteiger charge is 2.11. The fourth-order valence-corrected chi connectivity index (χ4v) is 3.43. The molecule has 3 aromatic rings. The number of nitrogens with one attached hydrogen (secondary N) is 1. The summed E-state index contributed by atoms with van der Waals surface area (Å²) in [5.74, 6) is 0.990. The topological polar surface area (TPSA) is 81.9 Å². The lowest BCUT2D eigenvalue weighted by Gasteiger charge is -2.06. The number of thiophene rings is 1. The van der Waals surface area contributed by atoms with E-state index < -0.39 is 0 Å². The standard InChI is InChI=1S/C16H17N5O2S2/c1-2-23-13-7-5-12(6-8-13)21-16(18-19-20-21)25-11-15(22)17-10-14-4-3-9-24-14/h3-9H,2,10-11H2,1H3,(H,17,22). The van der Waals surface area contributed by atoms with Gasteiger partial charge in [0.15, 0.2) is 0 Å². The van der Waals surface area contributed by atoms with E-state index in [1.165, 1.54) is 11.8 Å². The summed E-state index contributed by atoms with van der Waals surface area (Å²) in [6, 6.07) is 11.4. The number of aromatic nitrogens is 4. The first-order valence-electron chi connectivity index (χ1n) is 7.69. The van der Waals surface area contributed by atoms with E-state index in [1.807, 2.05) is 48.7 Å². The van der Waals surface area contributed by atoms with Crippen molar-refractivity contribution in [3.8, 4) is 11.4 Å². The van der Waals surface area contributed by atoms with Gasteiger partial charge in [0.05, 0.1) is 24.6 Å². The maximum atomic E-state index is 12.0. The van der Waals surface area contributed by atoms with E-state index in [2.05, 4.69) is 20.8 Å². The molecule has 0 aliphatic carbocycles. The molecule has 0 unspecified atom stereocenters. The predicted molar refractivity (Wildman–Crippen MR) is 97.2 cm³/mol. The average molecular weight is 375 g/mol. The van der Waals surface area contributed by atoms with Crippen LogP contribution in [0.3, 0.4) is 0 Å². The van der Waals surface area contributed by atoms with Gasteiger partial charge < -0.3 is 10.1 Å². The highest BCUT2D eigenvalue weighted by Crippen LogP contribution is 2.20. The monoisotopic (exact) mass is 375 g/mol. The third kappa shape index (κ3) is 4.80. The smallest absolute Gasteiger partial charge is 0.230 e. The SMILES string of the molecule is CCOc1ccc(-n2nnnc2SCC(=O)NCc2cccs2)cc1. The molecular formula is C16H17N5O2S2. The third-order valence-corrected chi connectivity index (χ3v) is 5.00. The van der Waals surface area contributed by atoms with Crippen LogP contribution in [-0.2, 0) is 11.3 Å². The number of carbonyl (C=O) groups excluding carboxylic acids is 1. The lowest BCUT2D eigenvalue weighted by atomic mass is 10.3. The molecule has 0 saturated carbocycles. The van der Waals surface area contributed by atoms with E-state index in [1.54, 1.807) is 16.0 Å². The van der Waals surface area contributed by atoms with Crippen LogP contribution in [0, 0.1) is 0 Å². The van der Waals surface area contributed by atoms with Gasteiger partial charge in [-0.1, -0.05) is 17.8 Å². The Balaban J connectivity index is 1.57. The first-order chi connectivity index (χ1) is 12.3. The van der Waals surface area contributed by atoms with E-state index in [-0.39, 0.29) is 11.7 Å². The van der Waals surface area contributed by atoms with E-state index >= 15 is 0 Å². The normalized spacial score (nSPS) is 10.6. The number of hydrogen-bond donors (Lipinski definition) is 1. The molecule has 2 heterocycles. The van der Waals surface area contributed by atoms with Gasteiger partial charge in [-0.2, -0.15) is 4.68 Å². The van der Waals surface area contributed by atoms with Crippen molar-refractivity contribution in [1.82, 2.24) is 25.5 Å². The Bertz CT molecular complexity index is 802. The fraction of sp³-hybridized carbons (Fsp3) is 0.250. The number of thioether (sulfide) groups is 1. The largest absolute Gasteiger partial charge is 0.494 e. The van der Waals surface area contributed by atoms with Crippen molar-refractivity contribution in [3.63, 3.8) is 0 Å². The number of tetrazole rings is 1. The minimum atomic E-state index is -0.0559. The zero-order valence-corrected chi connectivity index (χ0v) is 15.2. The summed E-state index contributed by atoms with van der Waals surface area (Å²) in [4.78, 5) is 13.1. The van der Waals surface area contributed by atoms with Gasteiger partial charge in [0.25, 0.3) is 0 Å². The second-order valence-corrected chi connectivity index (χ2v) is 6.92. The summed E-state index contributed by atoms with van der Waals surface area (Å²) in [6.45, 7) is 3.10. The summed E-state index contributed by atoms with van der Waals surface area (Å²) in [7, 11) is 0.